The molecule has 378 valence electrons. The van der Waals surface area contributed by atoms with Crippen molar-refractivity contribution in [3.05, 3.63) is 190 Å². The number of nitriles is 1. The van der Waals surface area contributed by atoms with E-state index >= 15 is 17.6 Å². The molecule has 1 aliphatic heterocycles. The van der Waals surface area contributed by atoms with Crippen LogP contribution in [0.1, 0.15) is 35.5 Å². The van der Waals surface area contributed by atoms with Crippen LogP contribution < -0.4 is 9.80 Å². The molecule has 4 aromatic heterocycles. The number of rotatable bonds is 13. The summed E-state index contributed by atoms with van der Waals surface area (Å²) in [4.78, 5) is 11.8. The first-order valence-electron chi connectivity index (χ1n) is 21.2. The van der Waals surface area contributed by atoms with E-state index in [1.807, 2.05) is 35.2 Å². The molecule has 0 unspecified atom stereocenters. The Labute approximate surface area is 417 Å². The van der Waals surface area contributed by atoms with Crippen molar-refractivity contribution < 1.29 is 49.7 Å². The van der Waals surface area contributed by atoms with E-state index in [0.29, 0.717) is 59.6 Å². The summed E-state index contributed by atoms with van der Waals surface area (Å²) in [6.07, 6.45) is 4.31. The molecule has 9 rings (SSSR count). The van der Waals surface area contributed by atoms with Gasteiger partial charge in [0.15, 0.2) is 11.2 Å². The van der Waals surface area contributed by atoms with E-state index in [-0.39, 0.29) is 13.0 Å². The number of anilines is 2. The molecule has 0 bridgehead atoms. The second-order valence-electron chi connectivity index (χ2n) is 16.2. The molecule has 2 atom stereocenters. The molecule has 15 nitrogen and oxygen atoms in total. The van der Waals surface area contributed by atoms with Gasteiger partial charge in [-0.1, -0.05) is 25.6 Å². The van der Waals surface area contributed by atoms with E-state index in [2.05, 4.69) is 61.8 Å². The van der Waals surface area contributed by atoms with Gasteiger partial charge in [-0.15, -0.1) is 10.2 Å². The lowest BCUT2D eigenvalue weighted by atomic mass is 9.84. The first-order valence-corrected chi connectivity index (χ1v) is 22.0. The smallest absolute Gasteiger partial charge is 0.323 e. The lowest BCUT2D eigenvalue weighted by molar-refractivity contribution is -0.207. The first kappa shape index (κ1) is 53.0. The number of alkyl halides is 4. The number of hydrogen-bond donors (Lipinski definition) is 2. The average molecular weight is 1080 g/mol. The fourth-order valence-corrected chi connectivity index (χ4v) is 8.18. The molecule has 0 spiro atoms. The van der Waals surface area contributed by atoms with E-state index < -0.39 is 87.7 Å². The van der Waals surface area contributed by atoms with Crippen molar-refractivity contribution in [2.45, 2.75) is 43.6 Å². The lowest BCUT2D eigenvalue weighted by Crippen LogP contribution is -2.48. The normalized spacial score (nSPS) is 14.5. The fourth-order valence-electron chi connectivity index (χ4n) is 7.95. The number of halogens is 10. The average Bonchev–Trinajstić information content (AvgIpc) is 4.09. The largest absolute Gasteiger partial charge is 0.377 e. The van der Waals surface area contributed by atoms with Gasteiger partial charge < -0.3 is 20.0 Å². The molecular formula is C48H39BrF9N13O2. The second kappa shape index (κ2) is 21.5. The quantitative estimate of drug-likeness (QED) is 0.105. The maximum Gasteiger partial charge on any atom is 0.323 e. The minimum Gasteiger partial charge on any atom is -0.377 e. The molecule has 0 saturated carbocycles. The van der Waals surface area contributed by atoms with Crippen molar-refractivity contribution in [1.82, 2.24) is 50.4 Å². The van der Waals surface area contributed by atoms with Crippen molar-refractivity contribution in [2.75, 3.05) is 36.0 Å². The van der Waals surface area contributed by atoms with Gasteiger partial charge in [0.05, 0.1) is 18.7 Å². The van der Waals surface area contributed by atoms with E-state index in [9.17, 15) is 32.2 Å². The van der Waals surface area contributed by atoms with E-state index in [1.54, 1.807) is 6.07 Å². The van der Waals surface area contributed by atoms with Crippen LogP contribution in [-0.4, -0.2) is 86.8 Å². The number of hydrogen-bond acceptors (Lipinski definition) is 13. The van der Waals surface area contributed by atoms with Crippen LogP contribution in [0.4, 0.5) is 50.9 Å². The minimum absolute atomic E-state index is 0. The standard InChI is InChI=1S/C32H25F5N8O.C15H10BrF4N5O.CH4/c33-24-5-9-27(29(35)15-24)31(46,19-45-20-40-41-42-45)32(36,37)30-10-4-23(18-39-30)21-1-6-25(7-2-21)43-11-13-44(14-12-43)26-8-3-22(17-38)28(34)16-26;16-9-1-4-13(21-6-9)15(19,20)14(26,7-25-8-22-23-24-25)11-3-2-10(17)5-12(11)18;/h1-10,15-16,18,20,46H,11-14,19H2;1-6,8,26H,7H2;1H4/t31-;14-;/m00./s1. The molecule has 25 heteroatoms. The van der Waals surface area contributed by atoms with Gasteiger partial charge in [0.2, 0.25) is 0 Å². The van der Waals surface area contributed by atoms with E-state index in [4.69, 9.17) is 5.26 Å². The lowest BCUT2D eigenvalue weighted by Gasteiger charge is -2.37. The Balaban J connectivity index is 0.000000245. The molecule has 1 fully saturated rings. The third-order valence-electron chi connectivity index (χ3n) is 11.8. The molecule has 2 N–H and O–H groups in total. The van der Waals surface area contributed by atoms with Gasteiger partial charge in [0.25, 0.3) is 0 Å². The molecule has 4 aromatic carbocycles. The molecule has 8 aromatic rings. The van der Waals surface area contributed by atoms with Crippen molar-refractivity contribution in [3.63, 3.8) is 0 Å². The van der Waals surface area contributed by atoms with Gasteiger partial charge >= 0.3 is 11.8 Å². The molecule has 73 heavy (non-hydrogen) atoms. The van der Waals surface area contributed by atoms with Gasteiger partial charge in [-0.2, -0.15) is 22.8 Å². The molecule has 5 heterocycles. The zero-order valence-electron chi connectivity index (χ0n) is 36.9. The maximum absolute atomic E-state index is 16.1. The SMILES string of the molecule is C.N#Cc1ccc(N2CCN(c3ccc(-c4ccc(C(F)(F)[C@](O)(Cn5cnnn5)c5ccc(F)cc5F)nc4)cc3)CC2)cc1F.O[C@@](Cn1cnnn1)(c1ccc(F)cc1F)C(F)(F)c1ccc(Br)cn1. The zero-order valence-corrected chi connectivity index (χ0v) is 38.4. The number of pyridine rings is 2. The van der Waals surface area contributed by atoms with Gasteiger partial charge in [0.1, 0.15) is 59.2 Å². The van der Waals surface area contributed by atoms with Gasteiger partial charge in [0, 0.05) is 83.2 Å². The maximum atomic E-state index is 16.1. The summed E-state index contributed by atoms with van der Waals surface area (Å²) < 4.78 is 135. The van der Waals surface area contributed by atoms with Crippen molar-refractivity contribution in [3.8, 4) is 17.2 Å². The Morgan fingerprint density at radius 2 is 1.03 bits per heavy atom. The summed E-state index contributed by atoms with van der Waals surface area (Å²) in [5.74, 6) is -13.4. The fraction of sp³-hybridized carbons (Fsp3) is 0.229. The molecule has 1 saturated heterocycles. The Bertz CT molecular complexity index is 3180. The van der Waals surface area contributed by atoms with E-state index in [0.717, 1.165) is 70.3 Å². The number of aliphatic hydroxyl groups is 2. The van der Waals surface area contributed by atoms with Crippen LogP contribution in [0, 0.1) is 40.4 Å². The Morgan fingerprint density at radius 3 is 1.44 bits per heavy atom. The van der Waals surface area contributed by atoms with Crippen LogP contribution in [0.5, 0.6) is 0 Å². The molecular weight excluding hydrogens is 1040 g/mol. The summed E-state index contributed by atoms with van der Waals surface area (Å²) in [6, 6.07) is 22.5. The summed E-state index contributed by atoms with van der Waals surface area (Å²) in [7, 11) is 0. The van der Waals surface area contributed by atoms with Crippen LogP contribution >= 0.6 is 15.9 Å². The summed E-state index contributed by atoms with van der Waals surface area (Å²) >= 11 is 3.07. The number of nitrogens with zero attached hydrogens (tertiary/aromatic N) is 13. The van der Waals surface area contributed by atoms with Crippen LogP contribution in [-0.2, 0) is 36.1 Å². The van der Waals surface area contributed by atoms with Gasteiger partial charge in [-0.05, 0) is 115 Å². The third-order valence-corrected chi connectivity index (χ3v) is 12.2. The number of aromatic nitrogens is 10. The number of piperazine rings is 1. The third kappa shape index (κ3) is 10.9. The molecule has 1 aliphatic rings. The van der Waals surface area contributed by atoms with Crippen LogP contribution in [0.3, 0.4) is 0 Å². The second-order valence-corrected chi connectivity index (χ2v) is 17.1. The first-order chi connectivity index (χ1) is 34.3. The van der Waals surface area contributed by atoms with Gasteiger partial charge in [-0.3, -0.25) is 9.97 Å². The molecule has 0 amide bonds. The number of benzene rings is 4. The van der Waals surface area contributed by atoms with E-state index in [1.165, 1.54) is 30.5 Å². The van der Waals surface area contributed by atoms with Crippen molar-refractivity contribution in [2.24, 2.45) is 0 Å². The highest BCUT2D eigenvalue weighted by molar-refractivity contribution is 9.10. The Morgan fingerprint density at radius 1 is 0.562 bits per heavy atom. The Hall–Kier alpha value is -7.82. The van der Waals surface area contributed by atoms with Crippen molar-refractivity contribution >= 4 is 27.3 Å². The number of tetrazole rings is 2. The van der Waals surface area contributed by atoms with Crippen LogP contribution in [0.2, 0.25) is 0 Å². The monoisotopic (exact) mass is 1080 g/mol. The minimum atomic E-state index is -4.16. The predicted octanol–water partition coefficient (Wildman–Crippen LogP) is 8.46. The Kier molecular flexibility index (Phi) is 15.6. The molecule has 0 radical (unpaired) electrons. The highest BCUT2D eigenvalue weighted by atomic mass is 79.9. The topological polar surface area (TPSA) is 184 Å². The predicted molar refractivity (Wildman–Crippen MR) is 248 cm³/mol. The van der Waals surface area contributed by atoms with Crippen molar-refractivity contribution in [1.29, 1.82) is 5.26 Å². The highest BCUT2D eigenvalue weighted by Crippen LogP contribution is 2.48. The molecule has 0 aliphatic carbocycles. The summed E-state index contributed by atoms with van der Waals surface area (Å²) in [5.41, 5.74) is -6.79. The highest BCUT2D eigenvalue weighted by Gasteiger charge is 2.59. The summed E-state index contributed by atoms with van der Waals surface area (Å²) in [6.45, 7) is 0.804. The van der Waals surface area contributed by atoms with Crippen LogP contribution in [0.25, 0.3) is 11.1 Å². The summed E-state index contributed by atoms with van der Waals surface area (Å²) in [5, 5.41) is 51.5. The zero-order chi connectivity index (χ0) is 51.4. The van der Waals surface area contributed by atoms with Crippen LogP contribution in [0.15, 0.2) is 133 Å². The van der Waals surface area contributed by atoms with Gasteiger partial charge in [-0.25, -0.2) is 31.3 Å².